The van der Waals surface area contributed by atoms with E-state index in [1.54, 1.807) is 24.3 Å². The highest BCUT2D eigenvalue weighted by Crippen LogP contribution is 2.23. The fourth-order valence-corrected chi connectivity index (χ4v) is 4.17. The van der Waals surface area contributed by atoms with Gasteiger partial charge < -0.3 is 10.4 Å². The molecule has 6 heteroatoms. The van der Waals surface area contributed by atoms with Crippen molar-refractivity contribution in [2.75, 3.05) is 12.3 Å². The minimum Gasteiger partial charge on any atom is -0.391 e. The van der Waals surface area contributed by atoms with Gasteiger partial charge in [0.25, 0.3) is 0 Å². The average molecular weight is 334 g/mol. The van der Waals surface area contributed by atoms with Gasteiger partial charge in [-0.15, -0.1) is 0 Å². The maximum Gasteiger partial charge on any atom is 0.182 e. The number of rotatable bonds is 6. The normalized spacial score (nSPS) is 17.7. The summed E-state index contributed by atoms with van der Waals surface area (Å²) in [5, 5.41) is 12.9. The van der Waals surface area contributed by atoms with E-state index in [9.17, 15) is 13.5 Å². The summed E-state index contributed by atoms with van der Waals surface area (Å²) in [7, 11) is -3.45. The first-order valence-corrected chi connectivity index (χ1v) is 8.32. The highest BCUT2D eigenvalue weighted by atomic mass is 79.9. The molecule has 1 aliphatic carbocycles. The zero-order chi connectivity index (χ0) is 13.2. The van der Waals surface area contributed by atoms with E-state index < -0.39 is 15.9 Å². The largest absolute Gasteiger partial charge is 0.391 e. The Balaban J connectivity index is 1.99. The van der Waals surface area contributed by atoms with Crippen LogP contribution in [0.4, 0.5) is 0 Å². The molecule has 4 nitrogen and oxygen atoms in total. The highest BCUT2D eigenvalue weighted by Gasteiger charge is 2.25. The van der Waals surface area contributed by atoms with Gasteiger partial charge in [0, 0.05) is 17.1 Å². The van der Waals surface area contributed by atoms with Crippen molar-refractivity contribution in [2.24, 2.45) is 0 Å². The van der Waals surface area contributed by atoms with Gasteiger partial charge in [0.2, 0.25) is 0 Å². The Labute approximate surface area is 115 Å². The molecule has 0 radical (unpaired) electrons. The second kappa shape index (κ2) is 5.69. The molecule has 1 atom stereocenters. The molecule has 1 saturated carbocycles. The van der Waals surface area contributed by atoms with Crippen LogP contribution in [0.5, 0.6) is 0 Å². The zero-order valence-corrected chi connectivity index (χ0v) is 12.2. The summed E-state index contributed by atoms with van der Waals surface area (Å²) in [6, 6.07) is 7.12. The molecule has 1 aromatic carbocycles. The number of halogens is 1. The molecule has 100 valence electrons. The van der Waals surface area contributed by atoms with Gasteiger partial charge in [0.05, 0.1) is 16.8 Å². The third kappa shape index (κ3) is 3.78. The first-order valence-electron chi connectivity index (χ1n) is 5.88. The number of aliphatic hydroxyl groups is 1. The quantitative estimate of drug-likeness (QED) is 0.824. The monoisotopic (exact) mass is 333 g/mol. The smallest absolute Gasteiger partial charge is 0.182 e. The molecule has 1 unspecified atom stereocenters. The summed E-state index contributed by atoms with van der Waals surface area (Å²) < 4.78 is 24.7. The molecule has 1 aromatic rings. The van der Waals surface area contributed by atoms with Crippen molar-refractivity contribution >= 4 is 25.8 Å². The van der Waals surface area contributed by atoms with Crippen molar-refractivity contribution in [1.29, 1.82) is 0 Å². The van der Waals surface area contributed by atoms with E-state index in [4.69, 9.17) is 0 Å². The van der Waals surface area contributed by atoms with Gasteiger partial charge in [-0.3, -0.25) is 0 Å². The van der Waals surface area contributed by atoms with Gasteiger partial charge in [0.15, 0.2) is 9.84 Å². The summed E-state index contributed by atoms with van der Waals surface area (Å²) in [5.41, 5.74) is 0. The van der Waals surface area contributed by atoms with Gasteiger partial charge in [-0.05, 0) is 40.9 Å². The fraction of sp³-hybridized carbons (Fsp3) is 0.500. The predicted molar refractivity (Wildman–Crippen MR) is 73.2 cm³/mol. The molecular formula is C12H16BrNO3S. The summed E-state index contributed by atoms with van der Waals surface area (Å²) in [4.78, 5) is 0.232. The summed E-state index contributed by atoms with van der Waals surface area (Å²) in [5.74, 6) is -0.255. The molecule has 0 heterocycles. The summed E-state index contributed by atoms with van der Waals surface area (Å²) in [6.07, 6.45) is 1.36. The van der Waals surface area contributed by atoms with E-state index in [0.717, 1.165) is 12.8 Å². The first kappa shape index (κ1) is 14.0. The lowest BCUT2D eigenvalue weighted by Gasteiger charge is -2.12. The Hall–Kier alpha value is -0.430. The van der Waals surface area contributed by atoms with Crippen molar-refractivity contribution in [3.63, 3.8) is 0 Å². The first-order chi connectivity index (χ1) is 8.49. The van der Waals surface area contributed by atoms with Crippen LogP contribution in [0.2, 0.25) is 0 Å². The number of benzene rings is 1. The van der Waals surface area contributed by atoms with Gasteiger partial charge in [-0.1, -0.05) is 12.1 Å². The van der Waals surface area contributed by atoms with Crippen LogP contribution in [-0.4, -0.2) is 38.0 Å². The molecule has 0 bridgehead atoms. The third-order valence-corrected chi connectivity index (χ3v) is 5.61. The Morgan fingerprint density at radius 3 is 2.67 bits per heavy atom. The number of hydrogen-bond acceptors (Lipinski definition) is 4. The second-order valence-electron chi connectivity index (χ2n) is 4.55. The van der Waals surface area contributed by atoms with Crippen molar-refractivity contribution in [1.82, 2.24) is 5.32 Å². The lowest BCUT2D eigenvalue weighted by atomic mass is 10.4. The van der Waals surface area contributed by atoms with Crippen LogP contribution in [-0.2, 0) is 9.84 Å². The number of nitrogens with one attached hydrogen (secondary N) is 1. The van der Waals surface area contributed by atoms with Crippen LogP contribution >= 0.6 is 15.9 Å². The predicted octanol–water partition coefficient (Wildman–Crippen LogP) is 1.34. The Bertz CT molecular complexity index is 514. The van der Waals surface area contributed by atoms with Crippen molar-refractivity contribution in [2.45, 2.75) is 29.9 Å². The third-order valence-electron chi connectivity index (χ3n) is 2.80. The molecule has 0 amide bonds. The summed E-state index contributed by atoms with van der Waals surface area (Å²) in [6.45, 7) is 0.328. The lowest BCUT2D eigenvalue weighted by Crippen LogP contribution is -2.33. The maximum absolute atomic E-state index is 12.1. The maximum atomic E-state index is 12.1. The Morgan fingerprint density at radius 2 is 2.06 bits per heavy atom. The molecule has 0 aromatic heterocycles. The molecule has 1 aliphatic rings. The standard InChI is InChI=1S/C12H16BrNO3S/c13-11-3-1-2-4-12(11)18(16,17)8-10(15)7-14-9-5-6-9/h1-4,9-10,14-15H,5-8H2. The molecule has 0 aliphatic heterocycles. The minimum absolute atomic E-state index is 0.232. The van der Waals surface area contributed by atoms with Crippen molar-refractivity contribution < 1.29 is 13.5 Å². The summed E-state index contributed by atoms with van der Waals surface area (Å²) >= 11 is 3.22. The molecular weight excluding hydrogens is 318 g/mol. The van der Waals surface area contributed by atoms with Crippen LogP contribution in [0.3, 0.4) is 0 Å². The Morgan fingerprint density at radius 1 is 1.39 bits per heavy atom. The van der Waals surface area contributed by atoms with E-state index in [1.807, 2.05) is 0 Å². The van der Waals surface area contributed by atoms with Gasteiger partial charge in [0.1, 0.15) is 0 Å². The fourth-order valence-electron chi connectivity index (χ4n) is 1.69. The minimum atomic E-state index is -3.45. The lowest BCUT2D eigenvalue weighted by molar-refractivity contribution is 0.193. The van der Waals surface area contributed by atoms with Crippen molar-refractivity contribution in [3.05, 3.63) is 28.7 Å². The van der Waals surface area contributed by atoms with E-state index in [2.05, 4.69) is 21.2 Å². The molecule has 1 fully saturated rings. The van der Waals surface area contributed by atoms with Crippen LogP contribution in [0, 0.1) is 0 Å². The molecule has 2 rings (SSSR count). The zero-order valence-electron chi connectivity index (χ0n) is 9.84. The van der Waals surface area contributed by atoms with E-state index in [1.165, 1.54) is 0 Å². The van der Waals surface area contributed by atoms with Gasteiger partial charge in [-0.2, -0.15) is 0 Å². The van der Waals surface area contributed by atoms with E-state index >= 15 is 0 Å². The van der Waals surface area contributed by atoms with Gasteiger partial charge in [-0.25, -0.2) is 8.42 Å². The van der Waals surface area contributed by atoms with Crippen LogP contribution < -0.4 is 5.32 Å². The van der Waals surface area contributed by atoms with E-state index in [-0.39, 0.29) is 10.6 Å². The highest BCUT2D eigenvalue weighted by molar-refractivity contribution is 9.10. The molecule has 0 saturated heterocycles. The number of sulfone groups is 1. The van der Waals surface area contributed by atoms with Crippen LogP contribution in [0.1, 0.15) is 12.8 Å². The molecule has 18 heavy (non-hydrogen) atoms. The SMILES string of the molecule is O=S(=O)(CC(O)CNC1CC1)c1ccccc1Br. The van der Waals surface area contributed by atoms with Gasteiger partial charge >= 0.3 is 0 Å². The topological polar surface area (TPSA) is 66.4 Å². The second-order valence-corrected chi connectivity index (χ2v) is 7.41. The molecule has 2 N–H and O–H groups in total. The number of hydrogen-bond donors (Lipinski definition) is 2. The molecule has 0 spiro atoms. The number of aliphatic hydroxyl groups excluding tert-OH is 1. The average Bonchev–Trinajstić information content (AvgIpc) is 3.10. The van der Waals surface area contributed by atoms with E-state index in [0.29, 0.717) is 17.1 Å². The van der Waals surface area contributed by atoms with Crippen LogP contribution in [0.25, 0.3) is 0 Å². The van der Waals surface area contributed by atoms with Crippen LogP contribution in [0.15, 0.2) is 33.6 Å². The Kier molecular flexibility index (Phi) is 4.42. The van der Waals surface area contributed by atoms with Crippen molar-refractivity contribution in [3.8, 4) is 0 Å².